The normalized spacial score (nSPS) is 12.1. The lowest BCUT2D eigenvalue weighted by Crippen LogP contribution is -2.42. The number of ether oxygens (including phenoxy) is 2. The third kappa shape index (κ3) is 6.27. The van der Waals surface area contributed by atoms with E-state index >= 15 is 0 Å². The first-order chi connectivity index (χ1) is 13.2. The van der Waals surface area contributed by atoms with Crippen LogP contribution in [0.25, 0.3) is 0 Å². The fraction of sp³-hybridized carbons (Fsp3) is 0.333. The zero-order chi connectivity index (χ0) is 20.7. The highest BCUT2D eigenvalue weighted by Gasteiger charge is 2.27. The van der Waals surface area contributed by atoms with Crippen LogP contribution in [0.3, 0.4) is 0 Å². The SMILES string of the molecule is CC(C)(C)C(CNC(=O)O)Oc1ccc(C=O)c(OCc2ccccc2Br)c1. The number of aldehydes is 1. The molecule has 0 aliphatic heterocycles. The molecule has 0 radical (unpaired) electrons. The molecular weight excluding hydrogens is 426 g/mol. The van der Waals surface area contributed by atoms with Gasteiger partial charge in [-0.2, -0.15) is 0 Å². The van der Waals surface area contributed by atoms with E-state index in [1.807, 2.05) is 45.0 Å². The number of hydrogen-bond donors (Lipinski definition) is 2. The van der Waals surface area contributed by atoms with Gasteiger partial charge in [0.2, 0.25) is 0 Å². The molecule has 6 nitrogen and oxygen atoms in total. The molecule has 0 bridgehead atoms. The second-order valence-electron chi connectivity index (χ2n) is 7.36. The van der Waals surface area contributed by atoms with Gasteiger partial charge in [-0.15, -0.1) is 0 Å². The highest BCUT2D eigenvalue weighted by atomic mass is 79.9. The van der Waals surface area contributed by atoms with Crippen molar-refractivity contribution in [3.8, 4) is 11.5 Å². The molecule has 2 aromatic carbocycles. The van der Waals surface area contributed by atoms with Crippen LogP contribution in [0.5, 0.6) is 11.5 Å². The van der Waals surface area contributed by atoms with Gasteiger partial charge in [-0.1, -0.05) is 54.9 Å². The van der Waals surface area contributed by atoms with Gasteiger partial charge >= 0.3 is 6.09 Å². The third-order valence-electron chi connectivity index (χ3n) is 4.14. The smallest absolute Gasteiger partial charge is 0.404 e. The quantitative estimate of drug-likeness (QED) is 0.559. The summed E-state index contributed by atoms with van der Waals surface area (Å²) in [6.45, 7) is 6.32. The first kappa shape index (κ1) is 21.8. The minimum absolute atomic E-state index is 0.140. The molecule has 0 heterocycles. The summed E-state index contributed by atoms with van der Waals surface area (Å²) in [7, 11) is 0. The summed E-state index contributed by atoms with van der Waals surface area (Å²) in [5.74, 6) is 0.905. The van der Waals surface area contributed by atoms with Crippen molar-refractivity contribution in [3.05, 3.63) is 58.1 Å². The number of amides is 1. The Hall–Kier alpha value is -2.54. The summed E-state index contributed by atoms with van der Waals surface area (Å²) in [6, 6.07) is 12.6. The third-order valence-corrected chi connectivity index (χ3v) is 4.91. The van der Waals surface area contributed by atoms with Crippen molar-refractivity contribution in [3.63, 3.8) is 0 Å². The maximum Gasteiger partial charge on any atom is 0.404 e. The summed E-state index contributed by atoms with van der Waals surface area (Å²) >= 11 is 3.47. The van der Waals surface area contributed by atoms with E-state index in [9.17, 15) is 9.59 Å². The summed E-state index contributed by atoms with van der Waals surface area (Å²) < 4.78 is 12.8. The zero-order valence-corrected chi connectivity index (χ0v) is 17.7. The molecule has 0 aromatic heterocycles. The summed E-state index contributed by atoms with van der Waals surface area (Å²) in [5.41, 5.74) is 1.06. The minimum atomic E-state index is -1.10. The Morgan fingerprint density at radius 1 is 1.25 bits per heavy atom. The predicted molar refractivity (Wildman–Crippen MR) is 110 cm³/mol. The van der Waals surface area contributed by atoms with Crippen molar-refractivity contribution in [2.45, 2.75) is 33.5 Å². The van der Waals surface area contributed by atoms with E-state index in [-0.39, 0.29) is 18.6 Å². The fourth-order valence-electron chi connectivity index (χ4n) is 2.45. The van der Waals surface area contributed by atoms with Gasteiger partial charge in [-0.3, -0.25) is 4.79 Å². The molecule has 1 amide bonds. The molecule has 28 heavy (non-hydrogen) atoms. The zero-order valence-electron chi connectivity index (χ0n) is 16.1. The predicted octanol–water partition coefficient (Wildman–Crippen LogP) is 4.90. The highest BCUT2D eigenvalue weighted by molar-refractivity contribution is 9.10. The highest BCUT2D eigenvalue weighted by Crippen LogP contribution is 2.29. The number of carbonyl (C=O) groups excluding carboxylic acids is 1. The van der Waals surface area contributed by atoms with Crippen LogP contribution in [0.4, 0.5) is 4.79 Å². The number of hydrogen-bond acceptors (Lipinski definition) is 4. The van der Waals surface area contributed by atoms with Crippen LogP contribution in [-0.4, -0.2) is 30.1 Å². The first-order valence-corrected chi connectivity index (χ1v) is 9.59. The van der Waals surface area contributed by atoms with Gasteiger partial charge < -0.3 is 19.9 Å². The van der Waals surface area contributed by atoms with Crippen molar-refractivity contribution in [1.29, 1.82) is 0 Å². The number of benzene rings is 2. The second-order valence-corrected chi connectivity index (χ2v) is 8.21. The molecular formula is C21H24BrNO5. The van der Waals surface area contributed by atoms with Crippen molar-refractivity contribution >= 4 is 28.3 Å². The second kappa shape index (κ2) is 9.59. The molecule has 2 rings (SSSR count). The number of rotatable bonds is 8. The van der Waals surface area contributed by atoms with Crippen LogP contribution in [0.1, 0.15) is 36.7 Å². The number of nitrogens with one attached hydrogen (secondary N) is 1. The monoisotopic (exact) mass is 449 g/mol. The Morgan fingerprint density at radius 3 is 2.57 bits per heavy atom. The molecule has 2 aromatic rings. The average molecular weight is 450 g/mol. The molecule has 0 fully saturated rings. The van der Waals surface area contributed by atoms with E-state index in [0.717, 1.165) is 16.3 Å². The number of halogens is 1. The molecule has 0 saturated carbocycles. The van der Waals surface area contributed by atoms with Crippen LogP contribution >= 0.6 is 15.9 Å². The van der Waals surface area contributed by atoms with Crippen LogP contribution < -0.4 is 14.8 Å². The van der Waals surface area contributed by atoms with Gasteiger partial charge in [0.25, 0.3) is 0 Å². The molecule has 0 spiro atoms. The number of carboxylic acid groups (broad SMARTS) is 1. The Morgan fingerprint density at radius 2 is 1.96 bits per heavy atom. The molecule has 0 aliphatic carbocycles. The van der Waals surface area contributed by atoms with Crippen molar-refractivity contribution in [1.82, 2.24) is 5.32 Å². The Bertz CT molecular complexity index is 832. The summed E-state index contributed by atoms with van der Waals surface area (Å²) in [6.07, 6.45) is -0.778. The Labute approximate surface area is 173 Å². The molecule has 150 valence electrons. The van der Waals surface area contributed by atoms with Crippen molar-refractivity contribution in [2.75, 3.05) is 6.54 Å². The van der Waals surface area contributed by atoms with Crippen LogP contribution in [0.15, 0.2) is 46.9 Å². The largest absolute Gasteiger partial charge is 0.488 e. The average Bonchev–Trinajstić information content (AvgIpc) is 2.63. The first-order valence-electron chi connectivity index (χ1n) is 8.79. The molecule has 7 heteroatoms. The lowest BCUT2D eigenvalue weighted by atomic mass is 9.89. The molecule has 2 N–H and O–H groups in total. The summed E-state index contributed by atoms with van der Waals surface area (Å²) in [4.78, 5) is 22.2. The van der Waals surface area contributed by atoms with Gasteiger partial charge in [0.1, 0.15) is 24.2 Å². The fourth-order valence-corrected chi connectivity index (χ4v) is 2.85. The van der Waals surface area contributed by atoms with Crippen LogP contribution in [0.2, 0.25) is 0 Å². The Balaban J connectivity index is 2.19. The lowest BCUT2D eigenvalue weighted by Gasteiger charge is -2.31. The van der Waals surface area contributed by atoms with E-state index in [4.69, 9.17) is 14.6 Å². The molecule has 0 aliphatic rings. The van der Waals surface area contributed by atoms with Gasteiger partial charge in [0.05, 0.1) is 12.1 Å². The summed E-state index contributed by atoms with van der Waals surface area (Å²) in [5, 5.41) is 11.2. The van der Waals surface area contributed by atoms with E-state index < -0.39 is 12.2 Å². The van der Waals surface area contributed by atoms with Crippen LogP contribution in [-0.2, 0) is 6.61 Å². The van der Waals surface area contributed by atoms with E-state index in [2.05, 4.69) is 21.2 Å². The maximum absolute atomic E-state index is 11.4. The lowest BCUT2D eigenvalue weighted by molar-refractivity contribution is 0.0845. The number of carbonyl (C=O) groups is 2. The Kier molecular flexibility index (Phi) is 7.45. The molecule has 0 saturated heterocycles. The standard InChI is InChI=1S/C21H24BrNO5/c1-21(2,3)19(11-23-20(25)26)28-16-9-8-14(12-24)18(10-16)27-13-15-6-4-5-7-17(15)22/h4-10,12,19,23H,11,13H2,1-3H3,(H,25,26). The topological polar surface area (TPSA) is 84.9 Å². The van der Waals surface area contributed by atoms with E-state index in [1.165, 1.54) is 0 Å². The van der Waals surface area contributed by atoms with Gasteiger partial charge in [0.15, 0.2) is 6.29 Å². The van der Waals surface area contributed by atoms with E-state index in [1.54, 1.807) is 18.2 Å². The van der Waals surface area contributed by atoms with Crippen LogP contribution in [0, 0.1) is 5.41 Å². The molecule has 1 atom stereocenters. The minimum Gasteiger partial charge on any atom is -0.488 e. The molecule has 1 unspecified atom stereocenters. The van der Waals surface area contributed by atoms with Crippen molar-refractivity contribution in [2.24, 2.45) is 5.41 Å². The van der Waals surface area contributed by atoms with E-state index in [0.29, 0.717) is 17.1 Å². The van der Waals surface area contributed by atoms with Gasteiger partial charge in [-0.05, 0) is 18.2 Å². The van der Waals surface area contributed by atoms with Crippen molar-refractivity contribution < 1.29 is 24.2 Å². The maximum atomic E-state index is 11.4. The van der Waals surface area contributed by atoms with Gasteiger partial charge in [-0.25, -0.2) is 4.79 Å². The van der Waals surface area contributed by atoms with Gasteiger partial charge in [0, 0.05) is 21.5 Å².